The highest BCUT2D eigenvalue weighted by molar-refractivity contribution is 5.92. The zero-order chi connectivity index (χ0) is 23.4. The van der Waals surface area contributed by atoms with Crippen LogP contribution in [0.25, 0.3) is 22.8 Å². The topological polar surface area (TPSA) is 92.5 Å². The minimum Gasteiger partial charge on any atom is -0.309 e. The lowest BCUT2D eigenvalue weighted by Gasteiger charge is -2.13. The molecular formula is C26H23N5O2. The van der Waals surface area contributed by atoms with Crippen molar-refractivity contribution in [1.82, 2.24) is 14.0 Å². The highest BCUT2D eigenvalue weighted by Crippen LogP contribution is 2.13. The van der Waals surface area contributed by atoms with E-state index in [-0.39, 0.29) is 16.6 Å². The van der Waals surface area contributed by atoms with E-state index < -0.39 is 5.91 Å². The van der Waals surface area contributed by atoms with E-state index in [0.717, 1.165) is 24.0 Å². The van der Waals surface area contributed by atoms with Gasteiger partial charge in [-0.3, -0.25) is 14.0 Å². The van der Waals surface area contributed by atoms with Gasteiger partial charge in [-0.05, 0) is 42.7 Å². The largest absolute Gasteiger partial charge is 0.309 e. The van der Waals surface area contributed by atoms with E-state index in [0.29, 0.717) is 23.2 Å². The molecule has 7 nitrogen and oxygen atoms in total. The van der Waals surface area contributed by atoms with Crippen LogP contribution in [-0.4, -0.2) is 19.9 Å². The van der Waals surface area contributed by atoms with Crippen LogP contribution in [-0.2, 0) is 11.3 Å². The van der Waals surface area contributed by atoms with Gasteiger partial charge in [0, 0.05) is 18.8 Å². The molecule has 7 heteroatoms. The van der Waals surface area contributed by atoms with E-state index in [1.165, 1.54) is 16.5 Å². The maximum atomic E-state index is 13.2. The Bertz CT molecular complexity index is 1550. The predicted molar refractivity (Wildman–Crippen MR) is 127 cm³/mol. The van der Waals surface area contributed by atoms with Gasteiger partial charge < -0.3 is 4.57 Å². The zero-order valence-electron chi connectivity index (χ0n) is 18.5. The summed E-state index contributed by atoms with van der Waals surface area (Å²) in [7, 11) is 0. The average molecular weight is 438 g/mol. The minimum absolute atomic E-state index is 0.159. The molecule has 0 saturated heterocycles. The smallest absolute Gasteiger partial charge is 0.271 e. The summed E-state index contributed by atoms with van der Waals surface area (Å²) in [6.07, 6.45) is 6.38. The van der Waals surface area contributed by atoms with Crippen molar-refractivity contribution in [3.63, 3.8) is 0 Å². The van der Waals surface area contributed by atoms with Crippen LogP contribution < -0.4 is 11.0 Å². The van der Waals surface area contributed by atoms with Crippen molar-refractivity contribution in [3.05, 3.63) is 93.3 Å². The molecule has 0 unspecified atom stereocenters. The Morgan fingerprint density at radius 2 is 1.97 bits per heavy atom. The molecule has 4 rings (SSSR count). The Labute approximate surface area is 190 Å². The number of pyridine rings is 2. The molecule has 0 bridgehead atoms. The molecule has 0 aliphatic rings. The van der Waals surface area contributed by atoms with Gasteiger partial charge >= 0.3 is 0 Å². The quantitative estimate of drug-likeness (QED) is 0.351. The Kier molecular flexibility index (Phi) is 6.27. The third-order valence-corrected chi connectivity index (χ3v) is 5.39. The summed E-state index contributed by atoms with van der Waals surface area (Å²) < 4.78 is 3.20. The van der Waals surface area contributed by atoms with Gasteiger partial charge in [0.2, 0.25) is 0 Å². The number of aromatic nitrogens is 3. The number of carbonyl (C=O) groups excluding carboxylic acids is 1. The summed E-state index contributed by atoms with van der Waals surface area (Å²) in [4.78, 5) is 34.9. The summed E-state index contributed by atoms with van der Waals surface area (Å²) in [6, 6.07) is 16.7. The van der Waals surface area contributed by atoms with Crippen molar-refractivity contribution < 1.29 is 4.79 Å². The lowest BCUT2D eigenvalue weighted by molar-refractivity contribution is -0.113. The predicted octanol–water partition coefficient (Wildman–Crippen LogP) is 3.77. The van der Waals surface area contributed by atoms with Crippen molar-refractivity contribution in [3.8, 4) is 6.07 Å². The van der Waals surface area contributed by atoms with E-state index in [1.807, 2.05) is 50.2 Å². The second kappa shape index (κ2) is 9.45. The van der Waals surface area contributed by atoms with Gasteiger partial charge in [-0.25, -0.2) is 4.98 Å². The first-order valence-electron chi connectivity index (χ1n) is 10.8. The van der Waals surface area contributed by atoms with Gasteiger partial charge in [0.1, 0.15) is 17.4 Å². The van der Waals surface area contributed by atoms with E-state index in [9.17, 15) is 14.9 Å². The maximum Gasteiger partial charge on any atom is 0.271 e. The number of nitriles is 1. The first kappa shape index (κ1) is 21.9. The summed E-state index contributed by atoms with van der Waals surface area (Å²) in [5.41, 5.74) is 2.78. The number of fused-ring (bicyclic) bond motifs is 2. The first-order valence-corrected chi connectivity index (χ1v) is 10.8. The zero-order valence-corrected chi connectivity index (χ0v) is 18.5. The molecule has 4 aromatic rings. The van der Waals surface area contributed by atoms with Crippen LogP contribution in [0.5, 0.6) is 0 Å². The number of hydrogen-bond acceptors (Lipinski definition) is 4. The standard InChI is InChI=1S/C26H23N5O2/c1-3-4-14-30-24(28-22(32)13-12-19-10-6-5-7-11-19)20(17-27)16-21-25(30)29-23-18(2)9-8-15-31(23)26(21)33/h5-13,15-16H,3-4,14H2,1-2H3/b13-12-,28-24?. The summed E-state index contributed by atoms with van der Waals surface area (Å²) >= 11 is 0. The Morgan fingerprint density at radius 1 is 1.18 bits per heavy atom. The number of nitrogens with zero attached hydrogens (tertiary/aromatic N) is 5. The summed E-state index contributed by atoms with van der Waals surface area (Å²) in [6.45, 7) is 4.41. The fraction of sp³-hybridized carbons (Fsp3) is 0.192. The second-order valence-electron chi connectivity index (χ2n) is 7.73. The summed E-state index contributed by atoms with van der Waals surface area (Å²) in [5.74, 6) is -0.492. The van der Waals surface area contributed by atoms with Gasteiger partial charge in [-0.1, -0.05) is 49.7 Å². The van der Waals surface area contributed by atoms with Gasteiger partial charge in [0.25, 0.3) is 11.5 Å². The lowest BCUT2D eigenvalue weighted by Crippen LogP contribution is -2.29. The van der Waals surface area contributed by atoms with Crippen LogP contribution >= 0.6 is 0 Å². The first-order chi connectivity index (χ1) is 16.0. The van der Waals surface area contributed by atoms with E-state index >= 15 is 0 Å². The van der Waals surface area contributed by atoms with Crippen molar-refractivity contribution in [1.29, 1.82) is 5.26 Å². The highest BCUT2D eigenvalue weighted by atomic mass is 16.1. The molecule has 164 valence electrons. The van der Waals surface area contributed by atoms with Crippen LogP contribution in [0.1, 0.15) is 36.5 Å². The monoisotopic (exact) mass is 437 g/mol. The minimum atomic E-state index is -0.492. The Morgan fingerprint density at radius 3 is 2.70 bits per heavy atom. The molecule has 0 aliphatic carbocycles. The fourth-order valence-electron chi connectivity index (χ4n) is 3.69. The fourth-order valence-corrected chi connectivity index (χ4v) is 3.69. The maximum absolute atomic E-state index is 13.2. The van der Waals surface area contributed by atoms with Gasteiger partial charge in [-0.15, -0.1) is 0 Å². The Hall–Kier alpha value is -4.31. The number of benzene rings is 1. The van der Waals surface area contributed by atoms with Crippen LogP contribution in [0.2, 0.25) is 0 Å². The van der Waals surface area contributed by atoms with Crippen LogP contribution in [0.15, 0.2) is 70.6 Å². The molecular weight excluding hydrogens is 414 g/mol. The molecule has 0 fully saturated rings. The van der Waals surface area contributed by atoms with Crippen LogP contribution in [0, 0.1) is 18.3 Å². The molecule has 0 radical (unpaired) electrons. The van der Waals surface area contributed by atoms with E-state index in [4.69, 9.17) is 4.98 Å². The molecule has 0 N–H and O–H groups in total. The van der Waals surface area contributed by atoms with Crippen molar-refractivity contribution in [2.45, 2.75) is 33.2 Å². The van der Waals surface area contributed by atoms with Crippen molar-refractivity contribution >= 4 is 28.7 Å². The SMILES string of the molecule is CCCCn1c(=NC(=O)/C=C\c2ccccc2)c(C#N)cc2c(=O)n3cccc(C)c3nc21. The van der Waals surface area contributed by atoms with Gasteiger partial charge in [-0.2, -0.15) is 10.3 Å². The number of rotatable bonds is 5. The third-order valence-electron chi connectivity index (χ3n) is 5.39. The second-order valence-corrected chi connectivity index (χ2v) is 7.73. The molecule has 3 aromatic heterocycles. The van der Waals surface area contributed by atoms with Gasteiger partial charge in [0.15, 0.2) is 5.49 Å². The molecule has 0 spiro atoms. The molecule has 0 aliphatic heterocycles. The molecule has 0 atom stereocenters. The number of amides is 1. The van der Waals surface area contributed by atoms with E-state index in [2.05, 4.69) is 11.1 Å². The number of carbonyl (C=O) groups is 1. The van der Waals surface area contributed by atoms with E-state index in [1.54, 1.807) is 22.9 Å². The number of hydrogen-bond donors (Lipinski definition) is 0. The van der Waals surface area contributed by atoms with Crippen LogP contribution in [0.3, 0.4) is 0 Å². The lowest BCUT2D eigenvalue weighted by atomic mass is 10.2. The number of unbranched alkanes of at least 4 members (excludes halogenated alkanes) is 1. The molecule has 1 aromatic carbocycles. The van der Waals surface area contributed by atoms with Gasteiger partial charge in [0.05, 0.1) is 10.9 Å². The average Bonchev–Trinajstić information content (AvgIpc) is 2.83. The highest BCUT2D eigenvalue weighted by Gasteiger charge is 2.15. The van der Waals surface area contributed by atoms with Crippen LogP contribution in [0.4, 0.5) is 0 Å². The number of aryl methyl sites for hydroxylation is 2. The summed E-state index contributed by atoms with van der Waals surface area (Å²) in [5, 5.41) is 10.1. The Balaban J connectivity index is 1.99. The molecule has 33 heavy (non-hydrogen) atoms. The van der Waals surface area contributed by atoms with Crippen molar-refractivity contribution in [2.75, 3.05) is 0 Å². The third kappa shape index (κ3) is 4.37. The normalized spacial score (nSPS) is 12.0. The molecule has 1 amide bonds. The molecule has 3 heterocycles. The molecule has 0 saturated carbocycles. The van der Waals surface area contributed by atoms with Crippen molar-refractivity contribution in [2.24, 2.45) is 4.99 Å².